The Morgan fingerprint density at radius 3 is 2.94 bits per heavy atom. The van der Waals surface area contributed by atoms with Crippen molar-refractivity contribution in [2.45, 2.75) is 18.9 Å². The van der Waals surface area contributed by atoms with Crippen LogP contribution in [0.5, 0.6) is 0 Å². The molecule has 3 nitrogen and oxygen atoms in total. The molecule has 4 heteroatoms. The highest BCUT2D eigenvalue weighted by molar-refractivity contribution is 6.31. The normalized spacial score (nSPS) is 19.9. The third-order valence-corrected chi connectivity index (χ3v) is 3.65. The monoisotopic (exact) mass is 254 g/mol. The Hall–Kier alpha value is -0.770. The van der Waals surface area contributed by atoms with Crippen LogP contribution in [-0.2, 0) is 11.2 Å². The van der Waals surface area contributed by atoms with Gasteiger partial charge in [-0.05, 0) is 37.1 Å². The summed E-state index contributed by atoms with van der Waals surface area (Å²) in [5.41, 5.74) is 7.84. The molecule has 1 aliphatic heterocycles. The van der Waals surface area contributed by atoms with Gasteiger partial charge in [-0.15, -0.1) is 0 Å². The number of anilines is 1. The van der Waals surface area contributed by atoms with E-state index in [9.17, 15) is 0 Å². The van der Waals surface area contributed by atoms with E-state index in [4.69, 9.17) is 22.1 Å². The molecular weight excluding hydrogens is 236 g/mol. The lowest BCUT2D eigenvalue weighted by atomic mass is 10.1. The van der Waals surface area contributed by atoms with Crippen molar-refractivity contribution in [2.75, 3.05) is 31.6 Å². The lowest BCUT2D eigenvalue weighted by molar-refractivity contribution is 0.121. The topological polar surface area (TPSA) is 38.5 Å². The first-order chi connectivity index (χ1) is 8.24. The van der Waals surface area contributed by atoms with Crippen LogP contribution in [0.1, 0.15) is 12.0 Å². The summed E-state index contributed by atoms with van der Waals surface area (Å²) in [5, 5.41) is 0.814. The van der Waals surface area contributed by atoms with Crippen LogP contribution in [-0.4, -0.2) is 32.8 Å². The Morgan fingerprint density at radius 2 is 2.35 bits per heavy atom. The summed E-state index contributed by atoms with van der Waals surface area (Å²) in [6.07, 6.45) is 2.26. The Morgan fingerprint density at radius 1 is 1.53 bits per heavy atom. The fourth-order valence-corrected chi connectivity index (χ4v) is 2.52. The predicted molar refractivity (Wildman–Crippen MR) is 71.8 cm³/mol. The van der Waals surface area contributed by atoms with E-state index in [1.54, 1.807) is 7.11 Å². The number of nitrogens with zero attached hydrogens (tertiary/aromatic N) is 1. The van der Waals surface area contributed by atoms with Gasteiger partial charge in [-0.2, -0.15) is 0 Å². The maximum atomic E-state index is 6.24. The zero-order valence-electron chi connectivity index (χ0n) is 10.2. The van der Waals surface area contributed by atoms with Gasteiger partial charge in [0.1, 0.15) is 0 Å². The molecule has 0 bridgehead atoms. The lowest BCUT2D eigenvalue weighted by Crippen LogP contribution is -2.22. The summed E-state index contributed by atoms with van der Waals surface area (Å²) in [6.45, 7) is 2.61. The van der Waals surface area contributed by atoms with Gasteiger partial charge in [-0.3, -0.25) is 0 Å². The smallest absolute Gasteiger partial charge is 0.0762 e. The molecule has 2 rings (SSSR count). The van der Waals surface area contributed by atoms with Gasteiger partial charge >= 0.3 is 0 Å². The summed E-state index contributed by atoms with van der Waals surface area (Å²) in [7, 11) is 1.77. The van der Waals surface area contributed by atoms with E-state index in [1.807, 2.05) is 6.07 Å². The van der Waals surface area contributed by atoms with Gasteiger partial charge in [-0.1, -0.05) is 17.7 Å². The molecule has 1 aromatic carbocycles. The number of nitrogens with two attached hydrogens (primary N) is 1. The number of benzene rings is 1. The zero-order chi connectivity index (χ0) is 12.3. The summed E-state index contributed by atoms with van der Waals surface area (Å²) < 4.78 is 5.36. The van der Waals surface area contributed by atoms with Crippen LogP contribution in [0.25, 0.3) is 0 Å². The number of ether oxygens (including phenoxy) is 1. The number of hydrogen-bond donors (Lipinski definition) is 1. The highest BCUT2D eigenvalue weighted by atomic mass is 35.5. The Balaban J connectivity index is 2.09. The molecule has 0 aliphatic carbocycles. The molecule has 0 aromatic heterocycles. The molecule has 1 atom stereocenters. The van der Waals surface area contributed by atoms with Gasteiger partial charge in [0, 0.05) is 30.9 Å². The van der Waals surface area contributed by atoms with E-state index < -0.39 is 0 Å². The van der Waals surface area contributed by atoms with Crippen LogP contribution >= 0.6 is 11.6 Å². The Labute approximate surface area is 107 Å². The zero-order valence-corrected chi connectivity index (χ0v) is 10.9. The Kier molecular flexibility index (Phi) is 4.26. The molecule has 0 amide bonds. The van der Waals surface area contributed by atoms with Crippen molar-refractivity contribution in [1.82, 2.24) is 0 Å². The van der Waals surface area contributed by atoms with Gasteiger partial charge in [0.25, 0.3) is 0 Å². The largest absolute Gasteiger partial charge is 0.380 e. The SMILES string of the molecule is COC1CCN(c2ccc(CCN)c(Cl)c2)C1. The van der Waals surface area contributed by atoms with E-state index in [1.165, 1.54) is 5.69 Å². The van der Waals surface area contributed by atoms with Crippen molar-refractivity contribution in [3.8, 4) is 0 Å². The number of halogens is 1. The number of methoxy groups -OCH3 is 1. The summed E-state index contributed by atoms with van der Waals surface area (Å²) >= 11 is 6.24. The van der Waals surface area contributed by atoms with Crippen molar-refractivity contribution in [1.29, 1.82) is 0 Å². The van der Waals surface area contributed by atoms with Crippen LogP contribution in [0.15, 0.2) is 18.2 Å². The third kappa shape index (κ3) is 2.92. The van der Waals surface area contributed by atoms with E-state index in [2.05, 4.69) is 17.0 Å². The molecule has 1 unspecified atom stereocenters. The number of hydrogen-bond acceptors (Lipinski definition) is 3. The fourth-order valence-electron chi connectivity index (χ4n) is 2.25. The highest BCUT2D eigenvalue weighted by Crippen LogP contribution is 2.27. The van der Waals surface area contributed by atoms with Crippen LogP contribution < -0.4 is 10.6 Å². The molecule has 1 aliphatic rings. The van der Waals surface area contributed by atoms with Gasteiger partial charge in [0.2, 0.25) is 0 Å². The van der Waals surface area contributed by atoms with Gasteiger partial charge < -0.3 is 15.4 Å². The van der Waals surface area contributed by atoms with E-state index >= 15 is 0 Å². The first-order valence-corrected chi connectivity index (χ1v) is 6.38. The molecule has 2 N–H and O–H groups in total. The molecule has 17 heavy (non-hydrogen) atoms. The number of rotatable bonds is 4. The van der Waals surface area contributed by atoms with Gasteiger partial charge in [0.15, 0.2) is 0 Å². The molecule has 0 saturated carbocycles. The minimum absolute atomic E-state index is 0.345. The minimum Gasteiger partial charge on any atom is -0.380 e. The fraction of sp³-hybridized carbons (Fsp3) is 0.538. The maximum absolute atomic E-state index is 6.24. The van der Waals surface area contributed by atoms with Crippen molar-refractivity contribution >= 4 is 17.3 Å². The summed E-state index contributed by atoms with van der Waals surface area (Å²) in [6, 6.07) is 6.23. The van der Waals surface area contributed by atoms with Crippen LogP contribution in [0.4, 0.5) is 5.69 Å². The quantitative estimate of drug-likeness (QED) is 0.894. The predicted octanol–water partition coefficient (Wildman–Crippen LogP) is 2.07. The first kappa shape index (κ1) is 12.7. The molecule has 1 fully saturated rings. The van der Waals surface area contributed by atoms with E-state index in [-0.39, 0.29) is 0 Å². The van der Waals surface area contributed by atoms with Gasteiger partial charge in [0.05, 0.1) is 6.10 Å². The molecule has 1 aromatic rings. The molecule has 0 radical (unpaired) electrons. The second-order valence-electron chi connectivity index (χ2n) is 4.41. The van der Waals surface area contributed by atoms with Crippen molar-refractivity contribution in [2.24, 2.45) is 5.73 Å². The van der Waals surface area contributed by atoms with Crippen LogP contribution in [0, 0.1) is 0 Å². The van der Waals surface area contributed by atoms with Crippen LogP contribution in [0.2, 0.25) is 5.02 Å². The summed E-state index contributed by atoms with van der Waals surface area (Å²) in [4.78, 5) is 2.31. The van der Waals surface area contributed by atoms with Crippen molar-refractivity contribution in [3.63, 3.8) is 0 Å². The molecule has 1 saturated heterocycles. The second kappa shape index (κ2) is 5.71. The van der Waals surface area contributed by atoms with Crippen LogP contribution in [0.3, 0.4) is 0 Å². The molecule has 1 heterocycles. The lowest BCUT2D eigenvalue weighted by Gasteiger charge is -2.19. The third-order valence-electron chi connectivity index (χ3n) is 3.29. The standard InChI is InChI=1S/C13H19ClN2O/c1-17-12-5-7-16(9-12)11-3-2-10(4-6-15)13(14)8-11/h2-3,8,12H,4-7,9,15H2,1H3. The first-order valence-electron chi connectivity index (χ1n) is 6.01. The van der Waals surface area contributed by atoms with E-state index in [0.717, 1.165) is 36.5 Å². The van der Waals surface area contributed by atoms with Crippen molar-refractivity contribution < 1.29 is 4.74 Å². The van der Waals surface area contributed by atoms with E-state index in [0.29, 0.717) is 12.6 Å². The van der Waals surface area contributed by atoms with Crippen molar-refractivity contribution in [3.05, 3.63) is 28.8 Å². The summed E-state index contributed by atoms with van der Waals surface area (Å²) in [5.74, 6) is 0. The maximum Gasteiger partial charge on any atom is 0.0762 e. The average Bonchev–Trinajstić information content (AvgIpc) is 2.80. The second-order valence-corrected chi connectivity index (χ2v) is 4.81. The average molecular weight is 255 g/mol. The Bertz CT molecular complexity index is 384. The minimum atomic E-state index is 0.345. The highest BCUT2D eigenvalue weighted by Gasteiger charge is 2.22. The molecule has 0 spiro atoms. The molecular formula is C13H19ClN2O. The van der Waals surface area contributed by atoms with Gasteiger partial charge in [-0.25, -0.2) is 0 Å². The molecule has 94 valence electrons.